The average molecular weight is 284 g/mol. The van der Waals surface area contributed by atoms with Gasteiger partial charge in [0.05, 0.1) is 20.8 Å². The lowest BCUT2D eigenvalue weighted by atomic mass is 10.1. The van der Waals surface area contributed by atoms with E-state index >= 15 is 0 Å². The lowest BCUT2D eigenvalue weighted by Crippen LogP contribution is -2.24. The van der Waals surface area contributed by atoms with Crippen LogP contribution in [0.4, 0.5) is 0 Å². The first-order valence-electron chi connectivity index (χ1n) is 6.42. The maximum Gasteiger partial charge on any atom is 0.268 e. The Labute approximate surface area is 123 Å². The van der Waals surface area contributed by atoms with Crippen molar-refractivity contribution in [2.24, 2.45) is 0 Å². The van der Waals surface area contributed by atoms with E-state index in [-0.39, 0.29) is 11.1 Å². The molecule has 0 aliphatic heterocycles. The van der Waals surface area contributed by atoms with Crippen LogP contribution in [0.15, 0.2) is 35.1 Å². The Hall–Kier alpha value is -2.74. The topological polar surface area (TPSA) is 64.2 Å². The van der Waals surface area contributed by atoms with E-state index in [2.05, 4.69) is 0 Å². The number of methoxy groups -OCH3 is 2. The number of nitrogens with zero attached hydrogens (tertiary/aromatic N) is 2. The first-order chi connectivity index (χ1) is 10.1. The highest BCUT2D eigenvalue weighted by molar-refractivity contribution is 5.43. The molecule has 0 unspecified atom stereocenters. The van der Waals surface area contributed by atoms with E-state index in [9.17, 15) is 4.79 Å². The average Bonchev–Trinajstić information content (AvgIpc) is 2.51. The molecule has 0 bridgehead atoms. The van der Waals surface area contributed by atoms with Crippen LogP contribution in [0.2, 0.25) is 0 Å². The van der Waals surface area contributed by atoms with Gasteiger partial charge in [-0.05, 0) is 36.8 Å². The van der Waals surface area contributed by atoms with Gasteiger partial charge in [-0.3, -0.25) is 4.79 Å². The van der Waals surface area contributed by atoms with Crippen LogP contribution in [0.1, 0.15) is 16.8 Å². The smallest absolute Gasteiger partial charge is 0.268 e. The number of aromatic nitrogens is 1. The number of rotatable bonds is 4. The number of benzene rings is 1. The molecule has 0 aliphatic rings. The van der Waals surface area contributed by atoms with Crippen LogP contribution >= 0.6 is 0 Å². The normalized spacial score (nSPS) is 10.0. The fraction of sp³-hybridized carbons (Fsp3) is 0.250. The van der Waals surface area contributed by atoms with Crippen LogP contribution in [0.5, 0.6) is 11.5 Å². The molecule has 21 heavy (non-hydrogen) atoms. The van der Waals surface area contributed by atoms with Crippen molar-refractivity contribution >= 4 is 0 Å². The van der Waals surface area contributed by atoms with Crippen molar-refractivity contribution in [3.63, 3.8) is 0 Å². The monoisotopic (exact) mass is 284 g/mol. The van der Waals surface area contributed by atoms with Crippen molar-refractivity contribution in [2.45, 2.75) is 13.5 Å². The Morgan fingerprint density at radius 1 is 1.14 bits per heavy atom. The molecule has 108 valence electrons. The highest BCUT2D eigenvalue weighted by Gasteiger charge is 2.09. The van der Waals surface area contributed by atoms with Gasteiger partial charge in [0.2, 0.25) is 0 Å². The van der Waals surface area contributed by atoms with Gasteiger partial charge in [-0.1, -0.05) is 6.07 Å². The molecule has 1 heterocycles. The molecule has 1 aromatic heterocycles. The van der Waals surface area contributed by atoms with Gasteiger partial charge in [0.1, 0.15) is 11.6 Å². The zero-order valence-corrected chi connectivity index (χ0v) is 12.2. The number of pyridine rings is 1. The van der Waals surface area contributed by atoms with E-state index in [1.807, 2.05) is 25.1 Å². The van der Waals surface area contributed by atoms with Crippen LogP contribution in [0.3, 0.4) is 0 Å². The van der Waals surface area contributed by atoms with Crippen LogP contribution in [0.25, 0.3) is 0 Å². The molecule has 0 aliphatic carbocycles. The highest BCUT2D eigenvalue weighted by Crippen LogP contribution is 2.27. The Morgan fingerprint density at radius 3 is 2.48 bits per heavy atom. The Kier molecular flexibility index (Phi) is 4.29. The van der Waals surface area contributed by atoms with Crippen molar-refractivity contribution in [3.05, 3.63) is 57.5 Å². The second-order valence-corrected chi connectivity index (χ2v) is 4.58. The number of nitriles is 1. The maximum absolute atomic E-state index is 12.2. The number of hydrogen-bond acceptors (Lipinski definition) is 4. The molecule has 0 saturated heterocycles. The molecule has 2 aromatic rings. The molecule has 0 saturated carbocycles. The van der Waals surface area contributed by atoms with Crippen molar-refractivity contribution in [1.82, 2.24) is 4.57 Å². The first kappa shape index (κ1) is 14.7. The summed E-state index contributed by atoms with van der Waals surface area (Å²) in [4.78, 5) is 12.2. The zero-order chi connectivity index (χ0) is 15.4. The number of ether oxygens (including phenoxy) is 2. The van der Waals surface area contributed by atoms with Crippen molar-refractivity contribution in [2.75, 3.05) is 14.2 Å². The summed E-state index contributed by atoms with van der Waals surface area (Å²) in [7, 11) is 3.14. The predicted octanol–water partition coefficient (Wildman–Crippen LogP) is 2.09. The van der Waals surface area contributed by atoms with Crippen LogP contribution in [-0.2, 0) is 6.54 Å². The van der Waals surface area contributed by atoms with E-state index in [0.29, 0.717) is 18.0 Å². The standard InChI is InChI=1S/C16H16N2O3/c1-11-4-6-13(9-17)16(19)18(11)10-12-5-7-14(20-2)15(8-12)21-3/h4-8H,10H2,1-3H3. The molecular formula is C16H16N2O3. The fourth-order valence-corrected chi connectivity index (χ4v) is 2.11. The van der Waals surface area contributed by atoms with Crippen molar-refractivity contribution < 1.29 is 9.47 Å². The zero-order valence-electron chi connectivity index (χ0n) is 12.2. The van der Waals surface area contributed by atoms with Gasteiger partial charge in [0, 0.05) is 5.69 Å². The van der Waals surface area contributed by atoms with Gasteiger partial charge in [-0.15, -0.1) is 0 Å². The summed E-state index contributed by atoms with van der Waals surface area (Å²) in [6.45, 7) is 2.21. The summed E-state index contributed by atoms with van der Waals surface area (Å²) >= 11 is 0. The van der Waals surface area contributed by atoms with Crippen LogP contribution in [0, 0.1) is 18.3 Å². The Balaban J connectivity index is 2.44. The third-order valence-electron chi connectivity index (χ3n) is 3.30. The summed E-state index contributed by atoms with van der Waals surface area (Å²) in [6, 6.07) is 10.7. The fourth-order valence-electron chi connectivity index (χ4n) is 2.11. The maximum atomic E-state index is 12.2. The molecule has 0 spiro atoms. The van der Waals surface area contributed by atoms with Gasteiger partial charge in [0.15, 0.2) is 11.5 Å². The summed E-state index contributed by atoms with van der Waals surface area (Å²) in [5, 5.41) is 8.95. The van der Waals surface area contributed by atoms with Gasteiger partial charge in [-0.25, -0.2) is 0 Å². The summed E-state index contributed by atoms with van der Waals surface area (Å²) < 4.78 is 12.0. The van der Waals surface area contributed by atoms with Gasteiger partial charge in [0.25, 0.3) is 5.56 Å². The number of hydrogen-bond donors (Lipinski definition) is 0. The van der Waals surface area contributed by atoms with Gasteiger partial charge < -0.3 is 14.0 Å². The quantitative estimate of drug-likeness (QED) is 0.862. The Bertz CT molecular complexity index is 757. The van der Waals surface area contributed by atoms with Gasteiger partial charge >= 0.3 is 0 Å². The molecule has 0 amide bonds. The van der Waals surface area contributed by atoms with E-state index in [1.165, 1.54) is 0 Å². The molecule has 1 aromatic carbocycles. The molecule has 0 atom stereocenters. The molecule has 5 nitrogen and oxygen atoms in total. The minimum absolute atomic E-state index is 0.140. The molecular weight excluding hydrogens is 268 g/mol. The second-order valence-electron chi connectivity index (χ2n) is 4.58. The largest absolute Gasteiger partial charge is 0.493 e. The minimum atomic E-state index is -0.285. The summed E-state index contributed by atoms with van der Waals surface area (Å²) in [5.41, 5.74) is 1.55. The minimum Gasteiger partial charge on any atom is -0.493 e. The molecule has 5 heteroatoms. The predicted molar refractivity (Wildman–Crippen MR) is 78.8 cm³/mol. The number of aryl methyl sites for hydroxylation is 1. The Morgan fingerprint density at radius 2 is 1.86 bits per heavy atom. The van der Waals surface area contributed by atoms with E-state index in [0.717, 1.165) is 11.3 Å². The SMILES string of the molecule is COc1ccc(Cn2c(C)ccc(C#N)c2=O)cc1OC. The molecule has 0 radical (unpaired) electrons. The molecule has 2 rings (SSSR count). The lowest BCUT2D eigenvalue weighted by molar-refractivity contribution is 0.354. The highest BCUT2D eigenvalue weighted by atomic mass is 16.5. The van der Waals surface area contributed by atoms with Crippen molar-refractivity contribution in [1.29, 1.82) is 5.26 Å². The lowest BCUT2D eigenvalue weighted by Gasteiger charge is -2.13. The summed E-state index contributed by atoms with van der Waals surface area (Å²) in [5.74, 6) is 1.24. The van der Waals surface area contributed by atoms with Gasteiger partial charge in [-0.2, -0.15) is 5.26 Å². The molecule has 0 N–H and O–H groups in total. The third-order valence-corrected chi connectivity index (χ3v) is 3.30. The van der Waals surface area contributed by atoms with Crippen LogP contribution in [-0.4, -0.2) is 18.8 Å². The van der Waals surface area contributed by atoms with Crippen molar-refractivity contribution in [3.8, 4) is 17.6 Å². The van der Waals surface area contributed by atoms with E-state index in [4.69, 9.17) is 14.7 Å². The van der Waals surface area contributed by atoms with E-state index in [1.54, 1.807) is 37.0 Å². The third kappa shape index (κ3) is 2.90. The molecule has 0 fully saturated rings. The second kappa shape index (κ2) is 6.14. The summed E-state index contributed by atoms with van der Waals surface area (Å²) in [6.07, 6.45) is 0. The van der Waals surface area contributed by atoms with E-state index < -0.39 is 0 Å². The van der Waals surface area contributed by atoms with Crippen LogP contribution < -0.4 is 15.0 Å². The first-order valence-corrected chi connectivity index (χ1v) is 6.42.